The van der Waals surface area contributed by atoms with Crippen molar-refractivity contribution in [2.24, 2.45) is 5.92 Å². The molecule has 3 heteroatoms. The Morgan fingerprint density at radius 2 is 2.33 bits per heavy atom. The van der Waals surface area contributed by atoms with Crippen LogP contribution in [-0.2, 0) is 14.3 Å². The predicted octanol–water partition coefficient (Wildman–Crippen LogP) is 2.44. The summed E-state index contributed by atoms with van der Waals surface area (Å²) in [7, 11) is 0. The van der Waals surface area contributed by atoms with Crippen molar-refractivity contribution >= 4 is 5.97 Å². The van der Waals surface area contributed by atoms with Crippen LogP contribution in [0, 0.1) is 5.92 Å². The summed E-state index contributed by atoms with van der Waals surface area (Å²) in [5.74, 6) is -0.426. The van der Waals surface area contributed by atoms with Gasteiger partial charge in [0.2, 0.25) is 0 Å². The van der Waals surface area contributed by atoms with E-state index in [1.807, 2.05) is 26.0 Å². The molecule has 0 aromatic rings. The summed E-state index contributed by atoms with van der Waals surface area (Å²) in [6.07, 6.45) is 7.46. The first-order chi connectivity index (χ1) is 7.29. The first kappa shape index (κ1) is 11.8. The Hall–Kier alpha value is -1.25. The van der Waals surface area contributed by atoms with Crippen LogP contribution in [0.1, 0.15) is 26.7 Å². The minimum absolute atomic E-state index is 0.181. The third-order valence-corrected chi connectivity index (χ3v) is 2.27. The number of esters is 1. The summed E-state index contributed by atoms with van der Waals surface area (Å²) >= 11 is 0. The van der Waals surface area contributed by atoms with E-state index in [4.69, 9.17) is 9.47 Å². The second kappa shape index (κ2) is 6.27. The molecule has 3 nitrogen and oxygen atoms in total. The smallest absolute Gasteiger partial charge is 0.317 e. The normalized spacial score (nSPS) is 22.8. The largest absolute Gasteiger partial charge is 0.501 e. The molecular weight excluding hydrogens is 192 g/mol. The van der Waals surface area contributed by atoms with Crippen molar-refractivity contribution in [3.8, 4) is 0 Å². The Balaban J connectivity index is 2.68. The Morgan fingerprint density at radius 1 is 1.53 bits per heavy atom. The standard InChI is InChI=1S/C12H18O3/c1-3-14-9-10-7-5-6-8-11(10)12(13)15-4-2/h6,8-9,11H,3-5,7H2,1-2H3. The van der Waals surface area contributed by atoms with Gasteiger partial charge in [-0.1, -0.05) is 12.2 Å². The van der Waals surface area contributed by atoms with E-state index in [-0.39, 0.29) is 11.9 Å². The molecule has 0 radical (unpaired) electrons. The Labute approximate surface area is 90.8 Å². The van der Waals surface area contributed by atoms with Crippen molar-refractivity contribution in [2.45, 2.75) is 26.7 Å². The molecule has 1 unspecified atom stereocenters. The molecule has 0 aliphatic heterocycles. The highest BCUT2D eigenvalue weighted by Gasteiger charge is 2.23. The highest BCUT2D eigenvalue weighted by molar-refractivity contribution is 5.78. The number of rotatable bonds is 4. The summed E-state index contributed by atoms with van der Waals surface area (Å²) in [6, 6.07) is 0. The lowest BCUT2D eigenvalue weighted by atomic mass is 9.91. The lowest BCUT2D eigenvalue weighted by molar-refractivity contribution is -0.145. The van der Waals surface area contributed by atoms with Crippen molar-refractivity contribution < 1.29 is 14.3 Å². The number of allylic oxidation sites excluding steroid dienone is 1. The minimum Gasteiger partial charge on any atom is -0.501 e. The monoisotopic (exact) mass is 210 g/mol. The van der Waals surface area contributed by atoms with Gasteiger partial charge in [-0.15, -0.1) is 0 Å². The topological polar surface area (TPSA) is 35.5 Å². The maximum Gasteiger partial charge on any atom is 0.317 e. The highest BCUT2D eigenvalue weighted by atomic mass is 16.5. The molecule has 0 aromatic carbocycles. The first-order valence-corrected chi connectivity index (χ1v) is 5.43. The summed E-state index contributed by atoms with van der Waals surface area (Å²) in [4.78, 5) is 11.6. The van der Waals surface area contributed by atoms with Crippen LogP contribution in [0.25, 0.3) is 0 Å². The summed E-state index contributed by atoms with van der Waals surface area (Å²) in [5, 5.41) is 0. The zero-order valence-electron chi connectivity index (χ0n) is 9.36. The van der Waals surface area contributed by atoms with Crippen molar-refractivity contribution in [1.82, 2.24) is 0 Å². The summed E-state index contributed by atoms with van der Waals surface area (Å²) < 4.78 is 10.2. The van der Waals surface area contributed by atoms with Crippen LogP contribution in [0.5, 0.6) is 0 Å². The molecule has 1 aliphatic rings. The molecule has 0 heterocycles. The number of hydrogen-bond acceptors (Lipinski definition) is 3. The Kier molecular flexibility index (Phi) is 4.95. The molecule has 84 valence electrons. The maximum atomic E-state index is 11.6. The molecule has 0 bridgehead atoms. The average molecular weight is 210 g/mol. The Morgan fingerprint density at radius 3 is 3.00 bits per heavy atom. The second-order valence-electron chi connectivity index (χ2n) is 3.34. The minimum atomic E-state index is -0.245. The third-order valence-electron chi connectivity index (χ3n) is 2.27. The van der Waals surface area contributed by atoms with E-state index >= 15 is 0 Å². The average Bonchev–Trinajstić information content (AvgIpc) is 2.27. The second-order valence-corrected chi connectivity index (χ2v) is 3.34. The molecular formula is C12H18O3. The van der Waals surface area contributed by atoms with Crippen LogP contribution in [-0.4, -0.2) is 19.2 Å². The van der Waals surface area contributed by atoms with Gasteiger partial charge >= 0.3 is 5.97 Å². The van der Waals surface area contributed by atoms with Gasteiger partial charge in [0.05, 0.1) is 25.4 Å². The van der Waals surface area contributed by atoms with E-state index in [1.165, 1.54) is 0 Å². The van der Waals surface area contributed by atoms with Gasteiger partial charge in [-0.05, 0) is 32.3 Å². The number of hydrogen-bond donors (Lipinski definition) is 0. The van der Waals surface area contributed by atoms with E-state index in [0.717, 1.165) is 18.4 Å². The van der Waals surface area contributed by atoms with E-state index in [2.05, 4.69) is 0 Å². The fraction of sp³-hybridized carbons (Fsp3) is 0.583. The Bertz CT molecular complexity index is 266. The number of carbonyl (C=O) groups is 1. The SMILES string of the molecule is CCOC=C1CCC=CC1C(=O)OCC. The highest BCUT2D eigenvalue weighted by Crippen LogP contribution is 2.25. The van der Waals surface area contributed by atoms with Gasteiger partial charge in [0.1, 0.15) is 0 Å². The van der Waals surface area contributed by atoms with Crippen molar-refractivity contribution in [2.75, 3.05) is 13.2 Å². The van der Waals surface area contributed by atoms with Crippen molar-refractivity contribution in [3.05, 3.63) is 24.0 Å². The van der Waals surface area contributed by atoms with Gasteiger partial charge in [-0.25, -0.2) is 0 Å². The molecule has 0 N–H and O–H groups in total. The zero-order valence-corrected chi connectivity index (χ0v) is 9.36. The maximum absolute atomic E-state index is 11.6. The van der Waals surface area contributed by atoms with Crippen molar-refractivity contribution in [3.63, 3.8) is 0 Å². The van der Waals surface area contributed by atoms with E-state index in [9.17, 15) is 4.79 Å². The third kappa shape index (κ3) is 3.42. The summed E-state index contributed by atoms with van der Waals surface area (Å²) in [5.41, 5.74) is 1.01. The molecule has 1 rings (SSSR count). The van der Waals surface area contributed by atoms with E-state index in [0.29, 0.717) is 13.2 Å². The molecule has 1 atom stereocenters. The van der Waals surface area contributed by atoms with Crippen LogP contribution in [0.15, 0.2) is 24.0 Å². The molecule has 0 saturated heterocycles. The lowest BCUT2D eigenvalue weighted by Crippen LogP contribution is -2.20. The molecule has 1 aliphatic carbocycles. The van der Waals surface area contributed by atoms with Gasteiger partial charge in [0.15, 0.2) is 0 Å². The number of ether oxygens (including phenoxy) is 2. The van der Waals surface area contributed by atoms with Crippen LogP contribution in [0.2, 0.25) is 0 Å². The van der Waals surface area contributed by atoms with Crippen molar-refractivity contribution in [1.29, 1.82) is 0 Å². The fourth-order valence-corrected chi connectivity index (χ4v) is 1.55. The first-order valence-electron chi connectivity index (χ1n) is 5.43. The van der Waals surface area contributed by atoms with Crippen LogP contribution in [0.3, 0.4) is 0 Å². The van der Waals surface area contributed by atoms with Gasteiger partial charge in [-0.3, -0.25) is 4.79 Å². The van der Waals surface area contributed by atoms with E-state index in [1.54, 1.807) is 6.26 Å². The zero-order chi connectivity index (χ0) is 11.1. The molecule has 0 amide bonds. The summed E-state index contributed by atoms with van der Waals surface area (Å²) in [6.45, 7) is 4.79. The van der Waals surface area contributed by atoms with Crippen LogP contribution >= 0.6 is 0 Å². The van der Waals surface area contributed by atoms with E-state index < -0.39 is 0 Å². The fourth-order valence-electron chi connectivity index (χ4n) is 1.55. The van der Waals surface area contributed by atoms with Gasteiger partial charge < -0.3 is 9.47 Å². The van der Waals surface area contributed by atoms with Gasteiger partial charge in [0.25, 0.3) is 0 Å². The lowest BCUT2D eigenvalue weighted by Gasteiger charge is -2.18. The number of carbonyl (C=O) groups excluding carboxylic acids is 1. The predicted molar refractivity (Wildman–Crippen MR) is 58.2 cm³/mol. The van der Waals surface area contributed by atoms with Gasteiger partial charge in [-0.2, -0.15) is 0 Å². The molecule has 0 saturated carbocycles. The molecule has 0 spiro atoms. The molecule has 0 fully saturated rings. The van der Waals surface area contributed by atoms with Gasteiger partial charge in [0, 0.05) is 0 Å². The molecule has 0 aromatic heterocycles. The quantitative estimate of drug-likeness (QED) is 0.406. The van der Waals surface area contributed by atoms with Crippen LogP contribution < -0.4 is 0 Å². The van der Waals surface area contributed by atoms with Crippen LogP contribution in [0.4, 0.5) is 0 Å². The molecule has 15 heavy (non-hydrogen) atoms.